The molecule has 156 valence electrons. The first-order valence-corrected chi connectivity index (χ1v) is 10.3. The Labute approximate surface area is 182 Å². The van der Waals surface area contributed by atoms with Crippen molar-refractivity contribution in [2.45, 2.75) is 19.5 Å². The number of hydrogen-bond acceptors (Lipinski definition) is 4. The maximum Gasteiger partial charge on any atom is 0.255 e. The van der Waals surface area contributed by atoms with Crippen LogP contribution >= 0.6 is 11.6 Å². The van der Waals surface area contributed by atoms with Crippen LogP contribution in [-0.4, -0.2) is 31.4 Å². The normalized spacial score (nSPS) is 13.9. The number of halogens is 2. The highest BCUT2D eigenvalue weighted by Crippen LogP contribution is 2.22. The predicted octanol–water partition coefficient (Wildman–Crippen LogP) is 4.18. The van der Waals surface area contributed by atoms with E-state index >= 15 is 0 Å². The van der Waals surface area contributed by atoms with Gasteiger partial charge in [0.05, 0.1) is 29.7 Å². The Kier molecular flexibility index (Phi) is 5.13. The molecular weight excluding hydrogens is 417 g/mol. The van der Waals surface area contributed by atoms with Gasteiger partial charge in [0.25, 0.3) is 5.56 Å². The molecule has 1 aliphatic heterocycles. The van der Waals surface area contributed by atoms with Crippen LogP contribution in [0.5, 0.6) is 0 Å². The van der Waals surface area contributed by atoms with Gasteiger partial charge in [0.2, 0.25) is 0 Å². The Morgan fingerprint density at radius 3 is 2.55 bits per heavy atom. The second-order valence-electron chi connectivity index (χ2n) is 7.56. The van der Waals surface area contributed by atoms with Crippen LogP contribution in [0.2, 0.25) is 5.02 Å². The van der Waals surface area contributed by atoms with E-state index < -0.39 is 0 Å². The van der Waals surface area contributed by atoms with Gasteiger partial charge in [-0.15, -0.1) is 0 Å². The third-order valence-corrected chi connectivity index (χ3v) is 5.67. The number of nitrogens with one attached hydrogen (secondary N) is 2. The lowest BCUT2D eigenvalue weighted by molar-refractivity contribution is 0.236. The molecule has 5 rings (SSSR count). The van der Waals surface area contributed by atoms with Crippen molar-refractivity contribution in [3.63, 3.8) is 0 Å². The van der Waals surface area contributed by atoms with Crippen molar-refractivity contribution in [1.82, 2.24) is 24.8 Å². The van der Waals surface area contributed by atoms with E-state index in [1.165, 1.54) is 12.1 Å². The first-order chi connectivity index (χ1) is 15.0. The maximum atomic E-state index is 13.1. The maximum absolute atomic E-state index is 13.1. The average Bonchev–Trinajstić information content (AvgIpc) is 3.23. The number of aromatic nitrogens is 4. The summed E-state index contributed by atoms with van der Waals surface area (Å²) in [6.07, 6.45) is 2.43. The lowest BCUT2D eigenvalue weighted by atomic mass is 10.1. The Hall–Kier alpha value is -3.29. The number of H-pyrrole nitrogens is 2. The summed E-state index contributed by atoms with van der Waals surface area (Å²) in [6, 6.07) is 13.5. The standard InChI is InChI=1S/C23H19ClFN5O/c24-16-5-1-15(2-6-16)22-28-19-9-10-30(12-18(19)23(31)29-22)13-21-26-11-20(27-21)14-3-7-17(25)8-4-14/h1-8,11H,9-10,12-13H2,(H,26,27)(H,28,29,31). The van der Waals surface area contributed by atoms with Crippen LogP contribution in [0.3, 0.4) is 0 Å². The van der Waals surface area contributed by atoms with E-state index in [9.17, 15) is 9.18 Å². The van der Waals surface area contributed by atoms with Crippen molar-refractivity contribution in [1.29, 1.82) is 0 Å². The molecule has 0 fully saturated rings. The van der Waals surface area contributed by atoms with Gasteiger partial charge in [0.15, 0.2) is 0 Å². The van der Waals surface area contributed by atoms with E-state index in [0.717, 1.165) is 34.9 Å². The van der Waals surface area contributed by atoms with Gasteiger partial charge in [-0.2, -0.15) is 0 Å². The van der Waals surface area contributed by atoms with Gasteiger partial charge >= 0.3 is 0 Å². The summed E-state index contributed by atoms with van der Waals surface area (Å²) in [4.78, 5) is 30.2. The van der Waals surface area contributed by atoms with Gasteiger partial charge in [-0.05, 0) is 54.1 Å². The fourth-order valence-corrected chi connectivity index (χ4v) is 3.92. The molecule has 3 heterocycles. The molecule has 31 heavy (non-hydrogen) atoms. The van der Waals surface area contributed by atoms with E-state index in [0.29, 0.717) is 35.9 Å². The summed E-state index contributed by atoms with van der Waals surface area (Å²) in [6.45, 7) is 1.86. The molecule has 2 aromatic carbocycles. The molecule has 0 aliphatic carbocycles. The van der Waals surface area contributed by atoms with Crippen LogP contribution < -0.4 is 5.56 Å². The number of imidazole rings is 1. The summed E-state index contributed by atoms with van der Waals surface area (Å²) in [7, 11) is 0. The lowest BCUT2D eigenvalue weighted by Gasteiger charge is -2.26. The Balaban J connectivity index is 1.32. The molecule has 2 aromatic heterocycles. The second-order valence-corrected chi connectivity index (χ2v) is 7.99. The van der Waals surface area contributed by atoms with Gasteiger partial charge in [-0.3, -0.25) is 9.69 Å². The molecule has 0 spiro atoms. The topological polar surface area (TPSA) is 77.7 Å². The van der Waals surface area contributed by atoms with Crippen LogP contribution in [0.4, 0.5) is 4.39 Å². The van der Waals surface area contributed by atoms with Crippen LogP contribution in [0.15, 0.2) is 59.5 Å². The Morgan fingerprint density at radius 2 is 1.77 bits per heavy atom. The number of fused-ring (bicyclic) bond motifs is 1. The zero-order chi connectivity index (χ0) is 21.4. The highest BCUT2D eigenvalue weighted by molar-refractivity contribution is 6.30. The quantitative estimate of drug-likeness (QED) is 0.504. The molecule has 0 unspecified atom stereocenters. The van der Waals surface area contributed by atoms with Crippen molar-refractivity contribution < 1.29 is 4.39 Å². The van der Waals surface area contributed by atoms with E-state index in [2.05, 4.69) is 24.8 Å². The Morgan fingerprint density at radius 1 is 1.03 bits per heavy atom. The highest BCUT2D eigenvalue weighted by Gasteiger charge is 2.22. The summed E-state index contributed by atoms with van der Waals surface area (Å²) >= 11 is 5.95. The summed E-state index contributed by atoms with van der Waals surface area (Å²) in [5.41, 5.74) is 3.94. The SMILES string of the molecule is O=c1[nH]c(-c2ccc(Cl)cc2)nc2c1CN(Cc1ncc(-c3ccc(F)cc3)[nH]1)CC2. The van der Waals surface area contributed by atoms with Gasteiger partial charge in [0, 0.05) is 30.1 Å². The molecule has 0 saturated heterocycles. The van der Waals surface area contributed by atoms with Crippen LogP contribution in [0.1, 0.15) is 17.1 Å². The number of rotatable bonds is 4. The summed E-state index contributed by atoms with van der Waals surface area (Å²) in [5, 5.41) is 0.639. The van der Waals surface area contributed by atoms with Crippen molar-refractivity contribution in [3.05, 3.63) is 93.0 Å². The van der Waals surface area contributed by atoms with Crippen LogP contribution in [0.25, 0.3) is 22.6 Å². The molecule has 0 bridgehead atoms. The fourth-order valence-electron chi connectivity index (χ4n) is 3.79. The van der Waals surface area contributed by atoms with Crippen LogP contribution in [0, 0.1) is 5.82 Å². The monoisotopic (exact) mass is 435 g/mol. The van der Waals surface area contributed by atoms with Crippen molar-refractivity contribution in [2.75, 3.05) is 6.54 Å². The predicted molar refractivity (Wildman–Crippen MR) is 117 cm³/mol. The van der Waals surface area contributed by atoms with Crippen molar-refractivity contribution >= 4 is 11.6 Å². The largest absolute Gasteiger partial charge is 0.341 e. The third kappa shape index (κ3) is 4.15. The minimum Gasteiger partial charge on any atom is -0.341 e. The number of hydrogen-bond donors (Lipinski definition) is 2. The molecule has 6 nitrogen and oxygen atoms in total. The zero-order valence-corrected chi connectivity index (χ0v) is 17.3. The van der Waals surface area contributed by atoms with Gasteiger partial charge in [0.1, 0.15) is 17.5 Å². The molecule has 0 radical (unpaired) electrons. The molecule has 0 amide bonds. The van der Waals surface area contributed by atoms with E-state index in [-0.39, 0.29) is 11.4 Å². The third-order valence-electron chi connectivity index (χ3n) is 5.42. The van der Waals surface area contributed by atoms with E-state index in [1.54, 1.807) is 30.5 Å². The number of benzene rings is 2. The van der Waals surface area contributed by atoms with Gasteiger partial charge < -0.3 is 9.97 Å². The van der Waals surface area contributed by atoms with Crippen LogP contribution in [-0.2, 0) is 19.5 Å². The molecule has 1 aliphatic rings. The average molecular weight is 436 g/mol. The first kappa shape index (κ1) is 19.7. The molecule has 2 N–H and O–H groups in total. The lowest BCUT2D eigenvalue weighted by Crippen LogP contribution is -2.35. The van der Waals surface area contributed by atoms with Crippen molar-refractivity contribution in [3.8, 4) is 22.6 Å². The number of aromatic amines is 2. The molecule has 8 heteroatoms. The molecule has 0 saturated carbocycles. The van der Waals surface area contributed by atoms with Gasteiger partial charge in [-0.1, -0.05) is 11.6 Å². The summed E-state index contributed by atoms with van der Waals surface area (Å²) in [5.74, 6) is 1.09. The van der Waals surface area contributed by atoms with Gasteiger partial charge in [-0.25, -0.2) is 14.4 Å². The van der Waals surface area contributed by atoms with Crippen molar-refractivity contribution in [2.24, 2.45) is 0 Å². The second kappa shape index (κ2) is 8.09. The Bertz CT molecular complexity index is 1280. The smallest absolute Gasteiger partial charge is 0.255 e. The van der Waals surface area contributed by atoms with E-state index in [4.69, 9.17) is 11.6 Å². The summed E-state index contributed by atoms with van der Waals surface area (Å²) < 4.78 is 13.1. The number of nitrogens with zero attached hydrogens (tertiary/aromatic N) is 3. The first-order valence-electron chi connectivity index (χ1n) is 9.95. The minimum absolute atomic E-state index is 0.119. The molecule has 4 aromatic rings. The minimum atomic E-state index is -0.270. The fraction of sp³-hybridized carbons (Fsp3) is 0.174. The molecular formula is C23H19ClFN5O. The highest BCUT2D eigenvalue weighted by atomic mass is 35.5. The van der Waals surface area contributed by atoms with E-state index in [1.807, 2.05) is 12.1 Å². The molecule has 0 atom stereocenters. The zero-order valence-electron chi connectivity index (χ0n) is 16.5.